The van der Waals surface area contributed by atoms with E-state index in [1.807, 2.05) is 18.5 Å². The number of piperidine rings is 2. The second kappa shape index (κ2) is 10.7. The number of carbonyl (C=O) groups excluding carboxylic acids is 1. The lowest BCUT2D eigenvalue weighted by molar-refractivity contribution is -0.140. The fourth-order valence-corrected chi connectivity index (χ4v) is 5.95. The average molecular weight is 413 g/mol. The number of rotatable bonds is 6. The van der Waals surface area contributed by atoms with Gasteiger partial charge < -0.3 is 4.90 Å². The summed E-state index contributed by atoms with van der Waals surface area (Å²) < 4.78 is 0. The van der Waals surface area contributed by atoms with Crippen molar-refractivity contribution in [3.05, 3.63) is 30.1 Å². The summed E-state index contributed by atoms with van der Waals surface area (Å²) in [5, 5.41) is 0. The maximum Gasteiger partial charge on any atom is 0.227 e. The molecule has 2 saturated heterocycles. The molecule has 4 rings (SSSR count). The lowest BCUT2D eigenvalue weighted by Gasteiger charge is -2.43. The molecular formula is C25H40N4O. The monoisotopic (exact) mass is 412 g/mol. The van der Waals surface area contributed by atoms with Crippen LogP contribution in [0, 0.1) is 5.92 Å². The van der Waals surface area contributed by atoms with Gasteiger partial charge >= 0.3 is 0 Å². The van der Waals surface area contributed by atoms with Crippen molar-refractivity contribution in [3.63, 3.8) is 0 Å². The van der Waals surface area contributed by atoms with E-state index in [0.29, 0.717) is 18.0 Å². The van der Waals surface area contributed by atoms with Gasteiger partial charge in [0.15, 0.2) is 0 Å². The molecule has 2 aliphatic heterocycles. The molecule has 1 aliphatic carbocycles. The zero-order chi connectivity index (χ0) is 20.8. The zero-order valence-corrected chi connectivity index (χ0v) is 18.8. The molecule has 0 aromatic carbocycles. The SMILES string of the molecule is CCN(C(=O)[C@@H]1CCCN(C2CCN(Cc3cccnc3)CC2)C1)C1CCCCC1. The molecule has 1 aromatic rings. The Morgan fingerprint density at radius 2 is 1.87 bits per heavy atom. The van der Waals surface area contributed by atoms with Crippen LogP contribution in [0.3, 0.4) is 0 Å². The van der Waals surface area contributed by atoms with Crippen molar-refractivity contribution in [3.8, 4) is 0 Å². The maximum absolute atomic E-state index is 13.4. The summed E-state index contributed by atoms with van der Waals surface area (Å²) in [6.07, 6.45) is 14.9. The highest BCUT2D eigenvalue weighted by Crippen LogP contribution is 2.28. The summed E-state index contributed by atoms with van der Waals surface area (Å²) in [4.78, 5) is 25.1. The number of hydrogen-bond acceptors (Lipinski definition) is 4. The topological polar surface area (TPSA) is 39.7 Å². The number of hydrogen-bond donors (Lipinski definition) is 0. The summed E-state index contributed by atoms with van der Waals surface area (Å²) in [7, 11) is 0. The number of carbonyl (C=O) groups is 1. The van der Waals surface area contributed by atoms with Crippen LogP contribution in [0.2, 0.25) is 0 Å². The van der Waals surface area contributed by atoms with Gasteiger partial charge in [0.1, 0.15) is 0 Å². The lowest BCUT2D eigenvalue weighted by atomic mass is 9.90. The summed E-state index contributed by atoms with van der Waals surface area (Å²) >= 11 is 0. The number of amides is 1. The first-order chi connectivity index (χ1) is 14.7. The van der Waals surface area contributed by atoms with Gasteiger partial charge in [-0.1, -0.05) is 25.3 Å². The van der Waals surface area contributed by atoms with Crippen molar-refractivity contribution in [2.75, 3.05) is 32.7 Å². The van der Waals surface area contributed by atoms with Gasteiger partial charge in [-0.15, -0.1) is 0 Å². The summed E-state index contributed by atoms with van der Waals surface area (Å²) in [5.74, 6) is 0.664. The molecule has 3 fully saturated rings. The van der Waals surface area contributed by atoms with Gasteiger partial charge in [0.05, 0.1) is 5.92 Å². The van der Waals surface area contributed by atoms with E-state index >= 15 is 0 Å². The van der Waals surface area contributed by atoms with E-state index < -0.39 is 0 Å². The minimum atomic E-state index is 0.217. The quantitative estimate of drug-likeness (QED) is 0.710. The van der Waals surface area contributed by atoms with Gasteiger partial charge in [-0.25, -0.2) is 0 Å². The molecule has 3 heterocycles. The van der Waals surface area contributed by atoms with Crippen LogP contribution in [-0.2, 0) is 11.3 Å². The number of nitrogens with zero attached hydrogens (tertiary/aromatic N) is 4. The molecule has 5 heteroatoms. The van der Waals surface area contributed by atoms with Crippen LogP contribution in [0.5, 0.6) is 0 Å². The first-order valence-electron chi connectivity index (χ1n) is 12.4. The van der Waals surface area contributed by atoms with Gasteiger partial charge in [0, 0.05) is 44.1 Å². The minimum Gasteiger partial charge on any atom is -0.340 e. The van der Waals surface area contributed by atoms with Crippen LogP contribution in [0.1, 0.15) is 70.3 Å². The number of likely N-dealkylation sites (tertiary alicyclic amines) is 2. The molecule has 0 unspecified atom stereocenters. The lowest BCUT2D eigenvalue weighted by Crippen LogP contribution is -2.52. The molecule has 166 valence electrons. The molecule has 1 aromatic heterocycles. The number of pyridine rings is 1. The summed E-state index contributed by atoms with van der Waals surface area (Å²) in [5.41, 5.74) is 1.31. The average Bonchev–Trinajstić information content (AvgIpc) is 2.81. The Morgan fingerprint density at radius 1 is 1.07 bits per heavy atom. The van der Waals surface area contributed by atoms with Gasteiger partial charge in [0.25, 0.3) is 0 Å². The van der Waals surface area contributed by atoms with Crippen LogP contribution in [0.25, 0.3) is 0 Å². The van der Waals surface area contributed by atoms with Crippen molar-refractivity contribution >= 4 is 5.91 Å². The van der Waals surface area contributed by atoms with Crippen LogP contribution >= 0.6 is 0 Å². The Labute approximate surface area is 182 Å². The molecule has 30 heavy (non-hydrogen) atoms. The van der Waals surface area contributed by atoms with Gasteiger partial charge in [0.2, 0.25) is 5.91 Å². The van der Waals surface area contributed by atoms with E-state index in [4.69, 9.17) is 0 Å². The van der Waals surface area contributed by atoms with Gasteiger partial charge in [-0.3, -0.25) is 19.6 Å². The molecular weight excluding hydrogens is 372 g/mol. The third-order valence-corrected chi connectivity index (χ3v) is 7.64. The van der Waals surface area contributed by atoms with E-state index in [1.54, 1.807) is 0 Å². The summed E-state index contributed by atoms with van der Waals surface area (Å²) in [6, 6.07) is 5.35. The van der Waals surface area contributed by atoms with E-state index in [-0.39, 0.29) is 5.92 Å². The highest BCUT2D eigenvalue weighted by molar-refractivity contribution is 5.79. The smallest absolute Gasteiger partial charge is 0.227 e. The molecule has 1 saturated carbocycles. The van der Waals surface area contributed by atoms with Crippen molar-refractivity contribution in [1.82, 2.24) is 19.7 Å². The van der Waals surface area contributed by atoms with Crippen molar-refractivity contribution in [2.45, 2.75) is 83.3 Å². The van der Waals surface area contributed by atoms with Gasteiger partial charge in [-0.05, 0) is 76.7 Å². The third-order valence-electron chi connectivity index (χ3n) is 7.64. The highest BCUT2D eigenvalue weighted by atomic mass is 16.2. The normalized spacial score (nSPS) is 25.3. The fourth-order valence-electron chi connectivity index (χ4n) is 5.95. The van der Waals surface area contributed by atoms with Crippen LogP contribution < -0.4 is 0 Å². The molecule has 1 amide bonds. The Morgan fingerprint density at radius 3 is 2.57 bits per heavy atom. The maximum atomic E-state index is 13.4. The summed E-state index contributed by atoms with van der Waals surface area (Å²) in [6.45, 7) is 8.52. The van der Waals surface area contributed by atoms with Crippen LogP contribution in [0.4, 0.5) is 0 Å². The van der Waals surface area contributed by atoms with E-state index in [1.165, 1.54) is 63.5 Å². The van der Waals surface area contributed by atoms with Gasteiger partial charge in [-0.2, -0.15) is 0 Å². The predicted octanol–water partition coefficient (Wildman–Crippen LogP) is 3.94. The van der Waals surface area contributed by atoms with Crippen molar-refractivity contribution in [1.29, 1.82) is 0 Å². The largest absolute Gasteiger partial charge is 0.340 e. The Kier molecular flexibility index (Phi) is 7.78. The second-order valence-corrected chi connectivity index (χ2v) is 9.62. The second-order valence-electron chi connectivity index (χ2n) is 9.62. The Hall–Kier alpha value is -1.46. The molecule has 0 bridgehead atoms. The molecule has 0 spiro atoms. The first kappa shape index (κ1) is 21.8. The minimum absolute atomic E-state index is 0.217. The first-order valence-corrected chi connectivity index (χ1v) is 12.4. The van der Waals surface area contributed by atoms with Crippen molar-refractivity contribution in [2.24, 2.45) is 5.92 Å². The molecule has 3 aliphatic rings. The highest BCUT2D eigenvalue weighted by Gasteiger charge is 2.35. The molecule has 0 radical (unpaired) electrons. The Bertz CT molecular complexity index is 652. The molecule has 0 N–H and O–H groups in total. The fraction of sp³-hybridized carbons (Fsp3) is 0.760. The standard InChI is InChI=1S/C25H40N4O/c1-2-29(24-10-4-3-5-11-24)25(30)22-9-7-15-28(20-22)23-12-16-27(17-13-23)19-21-8-6-14-26-18-21/h6,8,14,18,22-24H,2-5,7,9-13,15-17,19-20H2,1H3/t22-/m1/s1. The van der Waals surface area contributed by atoms with E-state index in [2.05, 4.69) is 32.7 Å². The predicted molar refractivity (Wildman–Crippen MR) is 121 cm³/mol. The third kappa shape index (κ3) is 5.42. The van der Waals surface area contributed by atoms with Crippen LogP contribution in [0.15, 0.2) is 24.5 Å². The van der Waals surface area contributed by atoms with E-state index in [0.717, 1.165) is 39.1 Å². The zero-order valence-electron chi connectivity index (χ0n) is 18.8. The molecule has 1 atom stereocenters. The van der Waals surface area contributed by atoms with E-state index in [9.17, 15) is 4.79 Å². The number of aromatic nitrogens is 1. The molecule has 5 nitrogen and oxygen atoms in total. The Balaban J connectivity index is 1.28. The van der Waals surface area contributed by atoms with Crippen molar-refractivity contribution < 1.29 is 4.79 Å². The van der Waals surface area contributed by atoms with Crippen LogP contribution in [-0.4, -0.2) is 70.4 Å².